The zero-order valence-electron chi connectivity index (χ0n) is 26.1. The van der Waals surface area contributed by atoms with Gasteiger partial charge in [-0.05, 0) is 79.0 Å². The standard InChI is InChI=1S/C36H47N5O/c1-6-25-18-27-28(36(4,5)34-32(33(27)42)26-11-10-24(20-37)17-29(26)39-34)19-30(25)41-15-12-23(13-16-41)9-7-8-14-40-21-31(38)35(2,3)22-40/h10-11,17-19,23,31,39H,6-9,12-16,21-22,38H2,1-5H3/t31-/m0/s1. The number of nitrogens with zero attached hydrogens (tertiary/aromatic N) is 3. The third-order valence-corrected chi connectivity index (χ3v) is 10.7. The molecule has 3 heterocycles. The van der Waals surface area contributed by atoms with Crippen molar-refractivity contribution in [3.05, 3.63) is 63.8 Å². The van der Waals surface area contributed by atoms with Crippen LogP contribution in [0.2, 0.25) is 0 Å². The second kappa shape index (κ2) is 10.8. The minimum Gasteiger partial charge on any atom is -0.371 e. The van der Waals surface area contributed by atoms with Crippen LogP contribution in [-0.4, -0.2) is 54.4 Å². The van der Waals surface area contributed by atoms with Gasteiger partial charge in [-0.1, -0.05) is 53.5 Å². The molecule has 42 heavy (non-hydrogen) atoms. The minimum atomic E-state index is -0.349. The van der Waals surface area contributed by atoms with Crippen LogP contribution in [0.4, 0.5) is 5.69 Å². The van der Waals surface area contributed by atoms with E-state index in [0.717, 1.165) is 71.8 Å². The van der Waals surface area contributed by atoms with Crippen LogP contribution in [0, 0.1) is 22.7 Å². The van der Waals surface area contributed by atoms with Gasteiger partial charge in [0.25, 0.3) is 0 Å². The van der Waals surface area contributed by atoms with Crippen LogP contribution in [0.15, 0.2) is 30.3 Å². The number of carbonyl (C=O) groups is 1. The van der Waals surface area contributed by atoms with Crippen molar-refractivity contribution in [2.75, 3.05) is 37.6 Å². The maximum atomic E-state index is 14.0. The summed E-state index contributed by atoms with van der Waals surface area (Å²) >= 11 is 0. The molecule has 0 saturated carbocycles. The van der Waals surface area contributed by atoms with Crippen molar-refractivity contribution in [1.82, 2.24) is 9.88 Å². The third kappa shape index (κ3) is 4.95. The number of aromatic amines is 1. The molecule has 2 saturated heterocycles. The van der Waals surface area contributed by atoms with Gasteiger partial charge < -0.3 is 20.5 Å². The number of nitrogens with two attached hydrogens (primary N) is 1. The highest BCUT2D eigenvalue weighted by molar-refractivity contribution is 6.20. The molecular weight excluding hydrogens is 518 g/mol. The molecule has 1 aromatic heterocycles. The predicted molar refractivity (Wildman–Crippen MR) is 171 cm³/mol. The van der Waals surface area contributed by atoms with Gasteiger partial charge >= 0.3 is 0 Å². The number of nitriles is 1. The maximum absolute atomic E-state index is 14.0. The first-order chi connectivity index (χ1) is 20.0. The molecule has 1 aliphatic carbocycles. The highest BCUT2D eigenvalue weighted by atomic mass is 16.1. The molecule has 3 N–H and O–H groups in total. The Bertz CT molecular complexity index is 1550. The van der Waals surface area contributed by atoms with Gasteiger partial charge in [-0.3, -0.25) is 4.79 Å². The zero-order valence-corrected chi connectivity index (χ0v) is 26.1. The van der Waals surface area contributed by atoms with Crippen molar-refractivity contribution >= 4 is 22.4 Å². The highest BCUT2D eigenvalue weighted by Gasteiger charge is 2.41. The Hall–Kier alpha value is -3.14. The number of nitrogens with one attached hydrogen (secondary N) is 1. The Balaban J connectivity index is 1.15. The summed E-state index contributed by atoms with van der Waals surface area (Å²) in [4.78, 5) is 22.6. The average Bonchev–Trinajstić information content (AvgIpc) is 3.49. The number of ketones is 1. The van der Waals surface area contributed by atoms with Gasteiger partial charge in [0, 0.05) is 65.5 Å². The first kappa shape index (κ1) is 29.0. The molecule has 2 aliphatic heterocycles. The summed E-state index contributed by atoms with van der Waals surface area (Å²) in [6.07, 6.45) is 7.26. The largest absolute Gasteiger partial charge is 0.371 e. The molecule has 6 rings (SSSR count). The van der Waals surface area contributed by atoms with E-state index in [1.165, 1.54) is 49.9 Å². The maximum Gasteiger partial charge on any atom is 0.195 e. The van der Waals surface area contributed by atoms with Crippen LogP contribution in [0.3, 0.4) is 0 Å². The third-order valence-electron chi connectivity index (χ3n) is 10.7. The molecule has 222 valence electrons. The van der Waals surface area contributed by atoms with Crippen LogP contribution in [0.1, 0.15) is 105 Å². The Labute approximate surface area is 251 Å². The molecule has 0 unspecified atom stereocenters. The summed E-state index contributed by atoms with van der Waals surface area (Å²) in [6, 6.07) is 12.6. The van der Waals surface area contributed by atoms with Crippen molar-refractivity contribution < 1.29 is 4.79 Å². The fraction of sp³-hybridized carbons (Fsp3) is 0.556. The molecule has 2 aromatic carbocycles. The Morgan fingerprint density at radius 1 is 1.10 bits per heavy atom. The molecule has 0 amide bonds. The molecule has 1 atom stereocenters. The summed E-state index contributed by atoms with van der Waals surface area (Å²) < 4.78 is 0. The van der Waals surface area contributed by atoms with Gasteiger partial charge in [-0.25, -0.2) is 0 Å². The van der Waals surface area contributed by atoms with E-state index < -0.39 is 0 Å². The van der Waals surface area contributed by atoms with E-state index in [4.69, 9.17) is 5.73 Å². The quantitative estimate of drug-likeness (QED) is 0.318. The van der Waals surface area contributed by atoms with Crippen LogP contribution in [-0.2, 0) is 11.8 Å². The van der Waals surface area contributed by atoms with Crippen molar-refractivity contribution in [3.63, 3.8) is 0 Å². The number of hydrogen-bond donors (Lipinski definition) is 2. The smallest absolute Gasteiger partial charge is 0.195 e. The Morgan fingerprint density at radius 3 is 2.52 bits per heavy atom. The van der Waals surface area contributed by atoms with Gasteiger partial charge in [-0.15, -0.1) is 0 Å². The lowest BCUT2D eigenvalue weighted by Crippen LogP contribution is -2.36. The minimum absolute atomic E-state index is 0.0923. The molecule has 0 radical (unpaired) electrons. The predicted octanol–water partition coefficient (Wildman–Crippen LogP) is 6.53. The number of likely N-dealkylation sites (tertiary alicyclic amines) is 1. The van der Waals surface area contributed by atoms with Crippen molar-refractivity contribution in [2.45, 2.75) is 84.6 Å². The van der Waals surface area contributed by atoms with E-state index in [0.29, 0.717) is 11.6 Å². The molecule has 3 aliphatic rings. The number of anilines is 1. The number of benzene rings is 2. The van der Waals surface area contributed by atoms with Gasteiger partial charge in [-0.2, -0.15) is 5.26 Å². The number of aryl methyl sites for hydroxylation is 1. The fourth-order valence-corrected chi connectivity index (χ4v) is 7.84. The highest BCUT2D eigenvalue weighted by Crippen LogP contribution is 2.46. The van der Waals surface area contributed by atoms with E-state index in [9.17, 15) is 10.1 Å². The fourth-order valence-electron chi connectivity index (χ4n) is 7.84. The van der Waals surface area contributed by atoms with E-state index in [2.05, 4.69) is 67.6 Å². The van der Waals surface area contributed by atoms with E-state index in [1.807, 2.05) is 12.1 Å². The Morgan fingerprint density at radius 2 is 1.86 bits per heavy atom. The molecule has 0 spiro atoms. The number of piperidine rings is 1. The number of rotatable bonds is 7. The van der Waals surface area contributed by atoms with Crippen LogP contribution in [0.25, 0.3) is 10.9 Å². The first-order valence-electron chi connectivity index (χ1n) is 16.0. The lowest BCUT2D eigenvalue weighted by Gasteiger charge is -2.38. The number of aromatic nitrogens is 1. The lowest BCUT2D eigenvalue weighted by atomic mass is 9.70. The Kier molecular flexibility index (Phi) is 7.48. The average molecular weight is 566 g/mol. The summed E-state index contributed by atoms with van der Waals surface area (Å²) in [5.41, 5.74) is 13.9. The second-order valence-corrected chi connectivity index (χ2v) is 14.3. The number of unbranched alkanes of at least 4 members (excludes halogenated alkanes) is 1. The monoisotopic (exact) mass is 565 g/mol. The lowest BCUT2D eigenvalue weighted by molar-refractivity contribution is 0.103. The van der Waals surface area contributed by atoms with Crippen LogP contribution < -0.4 is 10.6 Å². The summed E-state index contributed by atoms with van der Waals surface area (Å²) in [5.74, 6) is 0.890. The van der Waals surface area contributed by atoms with E-state index in [1.54, 1.807) is 6.07 Å². The SMILES string of the molecule is CCc1cc2c(cc1N1CCC(CCCCN3C[C@H](N)C(C)(C)C3)CC1)C(C)(C)c1[nH]c3cc(C#N)ccc3c1C2=O. The number of fused-ring (bicyclic) bond motifs is 4. The molecular formula is C36H47N5O. The molecule has 0 bridgehead atoms. The van der Waals surface area contributed by atoms with Crippen molar-refractivity contribution in [2.24, 2.45) is 17.1 Å². The number of hydrogen-bond acceptors (Lipinski definition) is 5. The molecule has 6 heteroatoms. The van der Waals surface area contributed by atoms with Gasteiger partial charge in [0.1, 0.15) is 0 Å². The molecule has 6 nitrogen and oxygen atoms in total. The number of H-pyrrole nitrogens is 1. The summed E-state index contributed by atoms with van der Waals surface area (Å²) in [6.45, 7) is 16.7. The first-order valence-corrected chi connectivity index (χ1v) is 16.0. The van der Waals surface area contributed by atoms with Gasteiger partial charge in [0.2, 0.25) is 0 Å². The van der Waals surface area contributed by atoms with Crippen LogP contribution >= 0.6 is 0 Å². The topological polar surface area (TPSA) is 89.2 Å². The van der Waals surface area contributed by atoms with Gasteiger partial charge in [0.15, 0.2) is 5.78 Å². The van der Waals surface area contributed by atoms with Crippen molar-refractivity contribution in [1.29, 1.82) is 5.26 Å². The second-order valence-electron chi connectivity index (χ2n) is 14.3. The van der Waals surface area contributed by atoms with Gasteiger partial charge in [0.05, 0.1) is 17.2 Å². The van der Waals surface area contributed by atoms with E-state index in [-0.39, 0.29) is 16.6 Å². The van der Waals surface area contributed by atoms with Crippen LogP contribution in [0.5, 0.6) is 0 Å². The summed E-state index contributed by atoms with van der Waals surface area (Å²) in [5, 5.41) is 10.3. The molecule has 3 aromatic rings. The normalized spacial score (nSPS) is 21.9. The zero-order chi connectivity index (χ0) is 29.8. The molecule has 2 fully saturated rings. The summed E-state index contributed by atoms with van der Waals surface area (Å²) in [7, 11) is 0. The van der Waals surface area contributed by atoms with Crippen molar-refractivity contribution in [3.8, 4) is 6.07 Å². The number of carbonyl (C=O) groups excluding carboxylic acids is 1. The van der Waals surface area contributed by atoms with E-state index >= 15 is 0 Å².